The van der Waals surface area contributed by atoms with Gasteiger partial charge in [-0.3, -0.25) is 10.1 Å². The monoisotopic (exact) mass is 301 g/mol. The van der Waals surface area contributed by atoms with Crippen molar-refractivity contribution >= 4 is 11.4 Å². The number of nitrogens with two attached hydrogens (primary N) is 1. The average molecular weight is 301 g/mol. The first-order chi connectivity index (χ1) is 9.90. The minimum atomic E-state index is -2.78. The first-order valence-electron chi connectivity index (χ1n) is 6.58. The topological polar surface area (TPSA) is 81.6 Å². The molecule has 0 saturated carbocycles. The summed E-state index contributed by atoms with van der Waals surface area (Å²) in [5.41, 5.74) is 5.40. The lowest BCUT2D eigenvalue weighted by Crippen LogP contribution is -2.49. The molecule has 6 nitrogen and oxygen atoms in total. The van der Waals surface area contributed by atoms with Crippen LogP contribution >= 0.6 is 0 Å². The van der Waals surface area contributed by atoms with Crippen molar-refractivity contribution in [2.24, 2.45) is 5.73 Å². The highest BCUT2D eigenvalue weighted by Gasteiger charge is 2.27. The lowest BCUT2D eigenvalue weighted by molar-refractivity contribution is -0.385. The van der Waals surface area contributed by atoms with Gasteiger partial charge in [-0.1, -0.05) is 0 Å². The summed E-state index contributed by atoms with van der Waals surface area (Å²) < 4.78 is 31.8. The summed E-state index contributed by atoms with van der Waals surface area (Å²) in [6.45, 7) is 3.00. The van der Waals surface area contributed by atoms with Gasteiger partial charge >= 0.3 is 0 Å². The van der Waals surface area contributed by atoms with E-state index < -0.39 is 11.3 Å². The van der Waals surface area contributed by atoms with Crippen molar-refractivity contribution in [1.29, 1.82) is 0 Å². The number of alkyl halides is 2. The fourth-order valence-corrected chi connectivity index (χ4v) is 2.33. The van der Waals surface area contributed by atoms with Crippen molar-refractivity contribution in [3.8, 4) is 0 Å². The van der Waals surface area contributed by atoms with E-state index in [2.05, 4.69) is 0 Å². The Morgan fingerprint density at radius 2 is 2.24 bits per heavy atom. The molecule has 116 valence electrons. The molecule has 2 unspecified atom stereocenters. The summed E-state index contributed by atoms with van der Waals surface area (Å²) in [5.74, 6) is 0. The zero-order valence-corrected chi connectivity index (χ0v) is 11.5. The number of hydrogen-bond acceptors (Lipinski definition) is 5. The van der Waals surface area contributed by atoms with Crippen molar-refractivity contribution in [2.45, 2.75) is 25.5 Å². The van der Waals surface area contributed by atoms with Crippen molar-refractivity contribution < 1.29 is 18.4 Å². The van der Waals surface area contributed by atoms with Crippen LogP contribution in [0.3, 0.4) is 0 Å². The van der Waals surface area contributed by atoms with Crippen LogP contribution in [0, 0.1) is 10.1 Å². The Kier molecular flexibility index (Phi) is 4.69. The Balaban J connectivity index is 2.32. The number of hydrogen-bond donors (Lipinski definition) is 1. The minimum absolute atomic E-state index is 0.221. The van der Waals surface area contributed by atoms with Gasteiger partial charge in [-0.25, -0.2) is 8.78 Å². The van der Waals surface area contributed by atoms with Crippen LogP contribution in [-0.2, 0) is 4.74 Å². The van der Waals surface area contributed by atoms with Crippen molar-refractivity contribution in [1.82, 2.24) is 0 Å². The molecule has 2 rings (SSSR count). The molecular formula is C13H17F2N3O3. The number of anilines is 1. The molecule has 1 aliphatic rings. The Morgan fingerprint density at radius 1 is 1.52 bits per heavy atom. The molecule has 1 aliphatic heterocycles. The fourth-order valence-electron chi connectivity index (χ4n) is 2.33. The number of nitro benzene ring substituents is 1. The normalized spacial score (nSPS) is 20.6. The van der Waals surface area contributed by atoms with Crippen LogP contribution in [0.25, 0.3) is 0 Å². The number of ether oxygens (including phenoxy) is 1. The molecule has 0 aromatic heterocycles. The van der Waals surface area contributed by atoms with E-state index in [1.807, 2.05) is 0 Å². The molecule has 0 bridgehead atoms. The third-order valence-corrected chi connectivity index (χ3v) is 3.48. The van der Waals surface area contributed by atoms with E-state index in [4.69, 9.17) is 10.5 Å². The number of rotatable bonds is 4. The maximum absolute atomic E-state index is 13.2. The van der Waals surface area contributed by atoms with Crippen molar-refractivity contribution in [2.75, 3.05) is 24.6 Å². The van der Waals surface area contributed by atoms with Crippen LogP contribution in [0.1, 0.15) is 18.9 Å². The van der Waals surface area contributed by atoms with Crippen LogP contribution in [-0.4, -0.2) is 36.8 Å². The number of non-ortho nitro benzene ring substituents is 1. The first-order valence-corrected chi connectivity index (χ1v) is 6.58. The lowest BCUT2D eigenvalue weighted by Gasteiger charge is -2.37. The molecule has 0 radical (unpaired) electrons. The number of nitrogens with zero attached hydrogens (tertiary/aromatic N) is 2. The Morgan fingerprint density at radius 3 is 2.81 bits per heavy atom. The van der Waals surface area contributed by atoms with Gasteiger partial charge in [0.25, 0.3) is 12.1 Å². The molecule has 1 aromatic carbocycles. The summed E-state index contributed by atoms with van der Waals surface area (Å²) in [6, 6.07) is 3.30. The SMILES string of the molecule is CC(N)C1CN(c2ccc([N+](=O)[O-])cc2C(F)F)CCO1. The second-order valence-electron chi connectivity index (χ2n) is 5.02. The first kappa shape index (κ1) is 15.6. The lowest BCUT2D eigenvalue weighted by atomic mass is 10.1. The molecule has 8 heteroatoms. The molecule has 1 heterocycles. The summed E-state index contributed by atoms with van der Waals surface area (Å²) >= 11 is 0. The molecule has 0 aliphatic carbocycles. The van der Waals surface area contributed by atoms with Crippen molar-refractivity contribution in [3.05, 3.63) is 33.9 Å². The van der Waals surface area contributed by atoms with Crippen LogP contribution in [0.4, 0.5) is 20.2 Å². The van der Waals surface area contributed by atoms with Gasteiger partial charge in [0.15, 0.2) is 0 Å². The zero-order valence-electron chi connectivity index (χ0n) is 11.5. The predicted molar refractivity (Wildman–Crippen MR) is 73.7 cm³/mol. The van der Waals surface area contributed by atoms with Crippen LogP contribution in [0.5, 0.6) is 0 Å². The van der Waals surface area contributed by atoms with Crippen molar-refractivity contribution in [3.63, 3.8) is 0 Å². The van der Waals surface area contributed by atoms with Gasteiger partial charge in [0.2, 0.25) is 0 Å². The summed E-state index contributed by atoms with van der Waals surface area (Å²) in [4.78, 5) is 11.8. The summed E-state index contributed by atoms with van der Waals surface area (Å²) in [6.07, 6.45) is -3.03. The van der Waals surface area contributed by atoms with Gasteiger partial charge in [-0.2, -0.15) is 0 Å². The molecular weight excluding hydrogens is 284 g/mol. The minimum Gasteiger partial charge on any atom is -0.373 e. The van der Waals surface area contributed by atoms with Gasteiger partial charge in [0, 0.05) is 42.5 Å². The Hall–Kier alpha value is -1.80. The van der Waals surface area contributed by atoms with Gasteiger partial charge in [0.05, 0.1) is 17.6 Å². The molecule has 2 atom stereocenters. The van der Waals surface area contributed by atoms with E-state index in [0.717, 1.165) is 6.07 Å². The van der Waals surface area contributed by atoms with Crippen LogP contribution < -0.4 is 10.6 Å². The highest BCUT2D eigenvalue weighted by atomic mass is 19.3. The van der Waals surface area contributed by atoms with E-state index in [1.165, 1.54) is 12.1 Å². The van der Waals surface area contributed by atoms with E-state index in [1.54, 1.807) is 11.8 Å². The summed E-state index contributed by atoms with van der Waals surface area (Å²) in [5, 5.41) is 10.7. The number of nitro groups is 1. The average Bonchev–Trinajstić information content (AvgIpc) is 2.46. The third-order valence-electron chi connectivity index (χ3n) is 3.48. The van der Waals surface area contributed by atoms with Crippen LogP contribution in [0.15, 0.2) is 18.2 Å². The van der Waals surface area contributed by atoms with Gasteiger partial charge in [-0.15, -0.1) is 0 Å². The second-order valence-corrected chi connectivity index (χ2v) is 5.02. The standard InChI is InChI=1S/C13H17F2N3O3/c1-8(16)12-7-17(4-5-21-12)11-3-2-9(18(19)20)6-10(11)13(14)15/h2-3,6,8,12-13H,4-5,7,16H2,1H3. The quantitative estimate of drug-likeness (QED) is 0.680. The summed E-state index contributed by atoms with van der Waals surface area (Å²) in [7, 11) is 0. The molecule has 1 aromatic rings. The van der Waals surface area contributed by atoms with E-state index in [-0.39, 0.29) is 23.4 Å². The molecule has 1 saturated heterocycles. The predicted octanol–water partition coefficient (Wildman–Crippen LogP) is 2.08. The molecule has 2 N–H and O–H groups in total. The fraction of sp³-hybridized carbons (Fsp3) is 0.538. The van der Waals surface area contributed by atoms with E-state index >= 15 is 0 Å². The highest BCUT2D eigenvalue weighted by molar-refractivity contribution is 5.59. The van der Waals surface area contributed by atoms with E-state index in [0.29, 0.717) is 25.4 Å². The molecule has 0 amide bonds. The van der Waals surface area contributed by atoms with Gasteiger partial charge in [0.1, 0.15) is 0 Å². The number of benzene rings is 1. The molecule has 21 heavy (non-hydrogen) atoms. The largest absolute Gasteiger partial charge is 0.373 e. The van der Waals surface area contributed by atoms with Crippen LogP contribution in [0.2, 0.25) is 0 Å². The maximum atomic E-state index is 13.2. The van der Waals surface area contributed by atoms with Gasteiger partial charge < -0.3 is 15.4 Å². The number of halogens is 2. The molecule has 1 fully saturated rings. The van der Waals surface area contributed by atoms with Gasteiger partial charge in [-0.05, 0) is 13.0 Å². The zero-order chi connectivity index (χ0) is 15.6. The maximum Gasteiger partial charge on any atom is 0.270 e. The smallest absolute Gasteiger partial charge is 0.270 e. The Bertz CT molecular complexity index is 525. The number of morpholine rings is 1. The third kappa shape index (κ3) is 3.45. The Labute approximate surface area is 120 Å². The molecule has 0 spiro atoms. The second kappa shape index (κ2) is 6.31. The highest BCUT2D eigenvalue weighted by Crippen LogP contribution is 2.34. The van der Waals surface area contributed by atoms with E-state index in [9.17, 15) is 18.9 Å².